The van der Waals surface area contributed by atoms with Gasteiger partial charge in [0.05, 0.1) is 11.8 Å². The van der Waals surface area contributed by atoms with Crippen molar-refractivity contribution >= 4 is 11.6 Å². The van der Waals surface area contributed by atoms with Gasteiger partial charge in [-0.05, 0) is 24.1 Å². The normalized spacial score (nSPS) is 17.9. The first-order valence-electron chi connectivity index (χ1n) is 5.89. The van der Waals surface area contributed by atoms with Gasteiger partial charge in [0.2, 0.25) is 0 Å². The third-order valence-corrected chi connectivity index (χ3v) is 2.96. The number of hydrogen-bond donors (Lipinski definition) is 1. The molecule has 1 aromatic rings. The van der Waals surface area contributed by atoms with E-state index in [1.54, 1.807) is 6.07 Å². The molecule has 1 atom stereocenters. The van der Waals surface area contributed by atoms with Crippen LogP contribution in [0.25, 0.3) is 0 Å². The Labute approximate surface area is 106 Å². The Morgan fingerprint density at radius 3 is 2.94 bits per heavy atom. The SMILES string of the molecule is CCC1Oc2cc(CN)ccc2N(CC#N)C1=O. The standard InChI is InChI=1S/C13H15N3O2/c1-2-11-13(17)16(6-5-14)10-4-3-9(8-15)7-12(10)18-11/h3-4,7,11H,2,6,8,15H2,1H3. The zero-order valence-electron chi connectivity index (χ0n) is 10.2. The minimum atomic E-state index is -0.515. The molecule has 1 unspecified atom stereocenters. The third kappa shape index (κ3) is 2.03. The van der Waals surface area contributed by atoms with Crippen molar-refractivity contribution in [1.82, 2.24) is 0 Å². The van der Waals surface area contributed by atoms with E-state index in [4.69, 9.17) is 15.7 Å². The Balaban J connectivity index is 2.45. The molecule has 1 heterocycles. The summed E-state index contributed by atoms with van der Waals surface area (Å²) < 4.78 is 5.66. The number of benzene rings is 1. The van der Waals surface area contributed by atoms with Crippen molar-refractivity contribution in [1.29, 1.82) is 5.26 Å². The van der Waals surface area contributed by atoms with Crippen molar-refractivity contribution in [3.05, 3.63) is 23.8 Å². The van der Waals surface area contributed by atoms with Gasteiger partial charge < -0.3 is 10.5 Å². The molecule has 1 amide bonds. The fraction of sp³-hybridized carbons (Fsp3) is 0.385. The molecule has 18 heavy (non-hydrogen) atoms. The molecular weight excluding hydrogens is 230 g/mol. The molecule has 5 nitrogen and oxygen atoms in total. The van der Waals surface area contributed by atoms with E-state index in [9.17, 15) is 4.79 Å². The summed E-state index contributed by atoms with van der Waals surface area (Å²) in [6, 6.07) is 7.45. The molecule has 0 aliphatic carbocycles. The predicted molar refractivity (Wildman–Crippen MR) is 67.0 cm³/mol. The quantitative estimate of drug-likeness (QED) is 0.811. The van der Waals surface area contributed by atoms with Crippen LogP contribution < -0.4 is 15.4 Å². The fourth-order valence-corrected chi connectivity index (χ4v) is 1.99. The number of nitriles is 1. The van der Waals surface area contributed by atoms with Gasteiger partial charge in [-0.25, -0.2) is 0 Å². The van der Waals surface area contributed by atoms with Crippen molar-refractivity contribution in [3.63, 3.8) is 0 Å². The number of carbonyl (C=O) groups excluding carboxylic acids is 1. The lowest BCUT2D eigenvalue weighted by atomic mass is 10.1. The zero-order valence-corrected chi connectivity index (χ0v) is 10.2. The zero-order chi connectivity index (χ0) is 13.1. The Kier molecular flexibility index (Phi) is 3.49. The van der Waals surface area contributed by atoms with E-state index in [-0.39, 0.29) is 12.5 Å². The van der Waals surface area contributed by atoms with Gasteiger partial charge in [0.15, 0.2) is 6.10 Å². The summed E-state index contributed by atoms with van der Waals surface area (Å²) in [6.07, 6.45) is 0.0615. The maximum atomic E-state index is 12.1. The molecule has 94 valence electrons. The van der Waals surface area contributed by atoms with Gasteiger partial charge in [0, 0.05) is 6.54 Å². The summed E-state index contributed by atoms with van der Waals surface area (Å²) in [4.78, 5) is 13.6. The van der Waals surface area contributed by atoms with Crippen LogP contribution in [-0.2, 0) is 11.3 Å². The summed E-state index contributed by atoms with van der Waals surface area (Å²) in [7, 11) is 0. The number of amides is 1. The molecule has 0 fully saturated rings. The summed E-state index contributed by atoms with van der Waals surface area (Å²) >= 11 is 0. The van der Waals surface area contributed by atoms with Crippen molar-refractivity contribution < 1.29 is 9.53 Å². The van der Waals surface area contributed by atoms with Gasteiger partial charge in [-0.2, -0.15) is 5.26 Å². The number of ether oxygens (including phenoxy) is 1. The summed E-state index contributed by atoms with van der Waals surface area (Å²) in [6.45, 7) is 2.33. The predicted octanol–water partition coefficient (Wildman–Crippen LogP) is 1.17. The van der Waals surface area contributed by atoms with Crippen LogP contribution in [-0.4, -0.2) is 18.6 Å². The van der Waals surface area contributed by atoms with Gasteiger partial charge in [-0.3, -0.25) is 9.69 Å². The van der Waals surface area contributed by atoms with Crippen LogP contribution in [0.1, 0.15) is 18.9 Å². The second-order valence-corrected chi connectivity index (χ2v) is 4.10. The van der Waals surface area contributed by atoms with E-state index < -0.39 is 6.10 Å². The largest absolute Gasteiger partial charge is 0.478 e. The molecule has 0 spiro atoms. The highest BCUT2D eigenvalue weighted by atomic mass is 16.5. The van der Waals surface area contributed by atoms with Crippen LogP contribution in [0.3, 0.4) is 0 Å². The Hall–Kier alpha value is -2.06. The highest BCUT2D eigenvalue weighted by Crippen LogP contribution is 2.35. The number of nitrogens with zero attached hydrogens (tertiary/aromatic N) is 2. The maximum absolute atomic E-state index is 12.1. The minimum Gasteiger partial charge on any atom is -0.478 e. The van der Waals surface area contributed by atoms with Crippen molar-refractivity contribution in [2.45, 2.75) is 26.0 Å². The van der Waals surface area contributed by atoms with Gasteiger partial charge in [-0.1, -0.05) is 13.0 Å². The summed E-state index contributed by atoms with van der Waals surface area (Å²) in [5.74, 6) is 0.465. The highest BCUT2D eigenvalue weighted by molar-refractivity contribution is 6.00. The van der Waals surface area contributed by atoms with Gasteiger partial charge in [0.25, 0.3) is 5.91 Å². The average Bonchev–Trinajstić information content (AvgIpc) is 2.41. The smallest absolute Gasteiger partial charge is 0.269 e. The Bertz CT molecular complexity index is 507. The average molecular weight is 245 g/mol. The van der Waals surface area contributed by atoms with E-state index in [1.807, 2.05) is 25.1 Å². The van der Waals surface area contributed by atoms with Gasteiger partial charge in [-0.15, -0.1) is 0 Å². The molecule has 0 saturated heterocycles. The first kappa shape index (κ1) is 12.4. The second kappa shape index (κ2) is 5.07. The highest BCUT2D eigenvalue weighted by Gasteiger charge is 2.33. The molecule has 0 bridgehead atoms. The molecule has 1 aliphatic heterocycles. The number of nitrogens with two attached hydrogens (primary N) is 1. The van der Waals surface area contributed by atoms with E-state index >= 15 is 0 Å². The molecule has 5 heteroatoms. The van der Waals surface area contributed by atoms with E-state index in [0.29, 0.717) is 24.4 Å². The van der Waals surface area contributed by atoms with Crippen molar-refractivity contribution in [2.75, 3.05) is 11.4 Å². The lowest BCUT2D eigenvalue weighted by Gasteiger charge is -2.32. The van der Waals surface area contributed by atoms with Crippen LogP contribution in [0.15, 0.2) is 18.2 Å². The van der Waals surface area contributed by atoms with Crippen LogP contribution in [0.2, 0.25) is 0 Å². The molecule has 2 rings (SSSR count). The van der Waals surface area contributed by atoms with Crippen LogP contribution in [0.4, 0.5) is 5.69 Å². The number of carbonyl (C=O) groups is 1. The number of hydrogen-bond acceptors (Lipinski definition) is 4. The van der Waals surface area contributed by atoms with Crippen LogP contribution >= 0.6 is 0 Å². The first-order chi connectivity index (χ1) is 8.71. The monoisotopic (exact) mass is 245 g/mol. The molecule has 1 aliphatic rings. The maximum Gasteiger partial charge on any atom is 0.269 e. The van der Waals surface area contributed by atoms with E-state index in [2.05, 4.69) is 0 Å². The molecule has 2 N–H and O–H groups in total. The molecule has 0 radical (unpaired) electrons. The number of anilines is 1. The molecular formula is C13H15N3O2. The summed E-state index contributed by atoms with van der Waals surface area (Å²) in [5.41, 5.74) is 7.16. The van der Waals surface area contributed by atoms with Gasteiger partial charge >= 0.3 is 0 Å². The van der Waals surface area contributed by atoms with Crippen molar-refractivity contribution in [3.8, 4) is 11.8 Å². The lowest BCUT2D eigenvalue weighted by Crippen LogP contribution is -2.45. The second-order valence-electron chi connectivity index (χ2n) is 4.10. The molecule has 1 aromatic carbocycles. The third-order valence-electron chi connectivity index (χ3n) is 2.96. The number of fused-ring (bicyclic) bond motifs is 1. The topological polar surface area (TPSA) is 79.3 Å². The van der Waals surface area contributed by atoms with Crippen molar-refractivity contribution in [2.24, 2.45) is 5.73 Å². The fourth-order valence-electron chi connectivity index (χ4n) is 1.99. The van der Waals surface area contributed by atoms with E-state index in [1.165, 1.54) is 4.90 Å². The summed E-state index contributed by atoms with van der Waals surface area (Å²) in [5, 5.41) is 8.82. The van der Waals surface area contributed by atoms with E-state index in [0.717, 1.165) is 5.56 Å². The molecule has 0 aromatic heterocycles. The first-order valence-corrected chi connectivity index (χ1v) is 5.89. The van der Waals surface area contributed by atoms with Crippen LogP contribution in [0, 0.1) is 11.3 Å². The van der Waals surface area contributed by atoms with Crippen LogP contribution in [0.5, 0.6) is 5.75 Å². The Morgan fingerprint density at radius 1 is 1.56 bits per heavy atom. The van der Waals surface area contributed by atoms with Gasteiger partial charge in [0.1, 0.15) is 12.3 Å². The molecule has 0 saturated carbocycles. The minimum absolute atomic E-state index is 0.0354. The number of rotatable bonds is 3. The Morgan fingerprint density at radius 2 is 2.33 bits per heavy atom. The lowest BCUT2D eigenvalue weighted by molar-refractivity contribution is -0.126.